The van der Waals surface area contributed by atoms with E-state index >= 15 is 0 Å². The van der Waals surface area contributed by atoms with E-state index in [9.17, 15) is 14.7 Å². The predicted octanol–water partition coefficient (Wildman–Crippen LogP) is 2.64. The average Bonchev–Trinajstić information content (AvgIpc) is 3.16. The highest BCUT2D eigenvalue weighted by atomic mass is 35.5. The van der Waals surface area contributed by atoms with Crippen LogP contribution < -0.4 is 11.1 Å². The molecule has 0 saturated heterocycles. The molecule has 0 aliphatic heterocycles. The van der Waals surface area contributed by atoms with Crippen LogP contribution in [0.15, 0.2) is 42.5 Å². The van der Waals surface area contributed by atoms with Crippen LogP contribution in [-0.4, -0.2) is 75.9 Å². The van der Waals surface area contributed by atoms with Gasteiger partial charge in [-0.3, -0.25) is 19.9 Å². The van der Waals surface area contributed by atoms with Gasteiger partial charge in [0.25, 0.3) is 0 Å². The summed E-state index contributed by atoms with van der Waals surface area (Å²) >= 11 is 0. The first-order valence-electron chi connectivity index (χ1n) is 11.8. The van der Waals surface area contributed by atoms with Gasteiger partial charge < -0.3 is 25.6 Å². The van der Waals surface area contributed by atoms with Crippen molar-refractivity contribution < 1.29 is 14.7 Å². The maximum atomic E-state index is 13.4. The number of likely N-dealkylation sites (N-methyl/N-ethyl adjacent to an activating group) is 2. The van der Waals surface area contributed by atoms with Crippen LogP contribution >= 0.6 is 12.4 Å². The van der Waals surface area contributed by atoms with Crippen LogP contribution in [-0.2, 0) is 28.6 Å². The molecule has 1 amide bonds. The lowest BCUT2D eigenvalue weighted by molar-refractivity contribution is -0.140. The molecule has 10 nitrogen and oxygen atoms in total. The lowest BCUT2D eigenvalue weighted by Gasteiger charge is -2.35. The van der Waals surface area contributed by atoms with E-state index in [2.05, 4.69) is 5.32 Å². The molecule has 200 valence electrons. The van der Waals surface area contributed by atoms with Crippen LogP contribution in [0.2, 0.25) is 0 Å². The van der Waals surface area contributed by atoms with Crippen molar-refractivity contribution in [3.63, 3.8) is 0 Å². The third-order valence-electron chi connectivity index (χ3n) is 6.54. The first-order chi connectivity index (χ1) is 17.0. The highest BCUT2D eigenvalue weighted by Crippen LogP contribution is 2.30. The second-order valence-corrected chi connectivity index (χ2v) is 9.35. The number of nitrogens with one attached hydrogen (secondary N) is 2. The molecule has 37 heavy (non-hydrogen) atoms. The van der Waals surface area contributed by atoms with Gasteiger partial charge in [0.2, 0.25) is 5.91 Å². The molecule has 3 rings (SSSR count). The summed E-state index contributed by atoms with van der Waals surface area (Å²) in [5.74, 6) is -0.171. The first-order valence-corrected chi connectivity index (χ1v) is 11.8. The number of fused-ring (bicyclic) bond motifs is 1. The summed E-state index contributed by atoms with van der Waals surface area (Å²) in [6, 6.07) is 13.1. The van der Waals surface area contributed by atoms with Crippen molar-refractivity contribution >= 4 is 46.8 Å². The number of carbonyl (C=O) groups is 2. The normalized spacial score (nSPS) is 12.6. The summed E-state index contributed by atoms with van der Waals surface area (Å²) in [7, 11) is 5.40. The van der Waals surface area contributed by atoms with Crippen LogP contribution in [0.3, 0.4) is 0 Å². The number of nitrogen functional groups attached to an aromatic ring is 1. The Morgan fingerprint density at radius 1 is 1.19 bits per heavy atom. The van der Waals surface area contributed by atoms with Crippen LogP contribution in [0, 0.1) is 5.41 Å². The first kappa shape index (κ1) is 29.6. The lowest BCUT2D eigenvalue weighted by Crippen LogP contribution is -2.50. The summed E-state index contributed by atoms with van der Waals surface area (Å²) in [5, 5.41) is 20.1. The van der Waals surface area contributed by atoms with Crippen molar-refractivity contribution in [1.29, 1.82) is 5.41 Å². The quantitative estimate of drug-likeness (QED) is 0.221. The zero-order valence-electron chi connectivity index (χ0n) is 21.9. The number of amides is 1. The number of amidine groups is 1. The highest BCUT2D eigenvalue weighted by Gasteiger charge is 2.38. The van der Waals surface area contributed by atoms with Gasteiger partial charge in [-0.25, -0.2) is 4.98 Å². The number of nitrogens with zero attached hydrogens (tertiary/aromatic N) is 4. The topological polar surface area (TPSA) is 141 Å². The molecule has 11 heteroatoms. The van der Waals surface area contributed by atoms with E-state index < -0.39 is 11.4 Å². The van der Waals surface area contributed by atoms with Gasteiger partial charge in [0.1, 0.15) is 11.7 Å². The van der Waals surface area contributed by atoms with E-state index in [-0.39, 0.29) is 37.2 Å². The number of hydrogen-bond acceptors (Lipinski definition) is 6. The van der Waals surface area contributed by atoms with E-state index in [1.807, 2.05) is 55.8 Å². The molecular formula is C26H36ClN7O3. The number of anilines is 1. The Balaban J connectivity index is 0.00000481. The monoisotopic (exact) mass is 529 g/mol. The Kier molecular flexibility index (Phi) is 9.66. The number of aliphatic carboxylic acids is 1. The fraction of sp³-hybridized carbons (Fsp3) is 0.385. The number of carboxylic acid groups (broad SMARTS) is 1. The molecule has 2 aromatic carbocycles. The lowest BCUT2D eigenvalue weighted by atomic mass is 9.80. The number of hydrogen-bond donors (Lipinski definition) is 4. The molecule has 0 radical (unpaired) electrons. The van der Waals surface area contributed by atoms with Crippen molar-refractivity contribution in [2.45, 2.75) is 25.8 Å². The third kappa shape index (κ3) is 6.58. The Morgan fingerprint density at radius 3 is 2.41 bits per heavy atom. The van der Waals surface area contributed by atoms with Crippen LogP contribution in [0.1, 0.15) is 30.8 Å². The van der Waals surface area contributed by atoms with E-state index in [4.69, 9.17) is 16.1 Å². The molecule has 0 saturated carbocycles. The van der Waals surface area contributed by atoms with Gasteiger partial charge in [-0.15, -0.1) is 12.4 Å². The van der Waals surface area contributed by atoms with Gasteiger partial charge >= 0.3 is 5.97 Å². The minimum atomic E-state index is -0.947. The largest absolute Gasteiger partial charge is 0.480 e. The fourth-order valence-corrected chi connectivity index (χ4v) is 4.37. The third-order valence-corrected chi connectivity index (χ3v) is 6.54. The number of aryl methyl sites for hydroxylation is 1. The number of aromatic nitrogens is 2. The van der Waals surface area contributed by atoms with E-state index in [1.54, 1.807) is 36.0 Å². The maximum absolute atomic E-state index is 13.4. The van der Waals surface area contributed by atoms with Crippen molar-refractivity contribution in [3.8, 4) is 0 Å². The van der Waals surface area contributed by atoms with Gasteiger partial charge in [-0.2, -0.15) is 0 Å². The highest BCUT2D eigenvalue weighted by molar-refractivity contribution is 5.95. The summed E-state index contributed by atoms with van der Waals surface area (Å²) < 4.78 is 2.00. The SMILES string of the molecule is CCN(C)C(=O)C(C)(CN(C)CC(=O)O)c1ccc2c(c1)nc(CNc1ccc(C(=N)N)cc1)n2C.Cl. The standard InChI is InChI=1S/C26H35N7O3.ClH/c1-6-32(4)25(36)26(2,16-31(3)15-23(34)35)18-9-12-21-20(13-18)30-22(33(21)5)14-29-19-10-7-17(8-11-19)24(27)28;/h7-13,29H,6,14-16H2,1-5H3,(H3,27,28)(H,34,35);1H. The number of nitrogens with two attached hydrogens (primary N) is 1. The summed E-state index contributed by atoms with van der Waals surface area (Å²) in [5.41, 5.74) is 8.60. The summed E-state index contributed by atoms with van der Waals surface area (Å²) in [6.07, 6.45) is 0. The second-order valence-electron chi connectivity index (χ2n) is 9.35. The number of rotatable bonds is 11. The van der Waals surface area contributed by atoms with Crippen molar-refractivity contribution in [3.05, 3.63) is 59.4 Å². The van der Waals surface area contributed by atoms with E-state index in [1.165, 1.54) is 0 Å². The van der Waals surface area contributed by atoms with Crippen molar-refractivity contribution in [1.82, 2.24) is 19.4 Å². The van der Waals surface area contributed by atoms with E-state index in [0.717, 1.165) is 28.1 Å². The smallest absolute Gasteiger partial charge is 0.317 e. The predicted molar refractivity (Wildman–Crippen MR) is 149 cm³/mol. The van der Waals surface area contributed by atoms with Crippen LogP contribution in [0.5, 0.6) is 0 Å². The summed E-state index contributed by atoms with van der Waals surface area (Å²) in [4.78, 5) is 32.8. The van der Waals surface area contributed by atoms with Crippen molar-refractivity contribution in [2.75, 3.05) is 39.0 Å². The van der Waals surface area contributed by atoms with Crippen molar-refractivity contribution in [2.24, 2.45) is 12.8 Å². The molecule has 0 bridgehead atoms. The van der Waals surface area contributed by atoms with Gasteiger partial charge in [-0.05, 0) is 62.9 Å². The van der Waals surface area contributed by atoms with Crippen LogP contribution in [0.25, 0.3) is 11.0 Å². The Morgan fingerprint density at radius 2 is 1.84 bits per heavy atom. The molecule has 0 aliphatic carbocycles. The fourth-order valence-electron chi connectivity index (χ4n) is 4.37. The van der Waals surface area contributed by atoms with Gasteiger partial charge in [0, 0.05) is 38.4 Å². The molecule has 1 atom stereocenters. The zero-order chi connectivity index (χ0) is 26.6. The average molecular weight is 530 g/mol. The number of benzene rings is 2. The Labute approximate surface area is 223 Å². The van der Waals surface area contributed by atoms with E-state index in [0.29, 0.717) is 18.7 Å². The number of carbonyl (C=O) groups excluding carboxylic acids is 1. The molecule has 1 aromatic heterocycles. The van der Waals surface area contributed by atoms with Gasteiger partial charge in [0.15, 0.2) is 0 Å². The number of carboxylic acids is 1. The number of halogens is 1. The Hall–Kier alpha value is -3.63. The minimum absolute atomic E-state index is 0. The molecule has 1 heterocycles. The molecule has 0 aliphatic rings. The molecular weight excluding hydrogens is 494 g/mol. The minimum Gasteiger partial charge on any atom is -0.480 e. The second kappa shape index (κ2) is 12.1. The molecule has 1 unspecified atom stereocenters. The molecule has 0 fully saturated rings. The summed E-state index contributed by atoms with van der Waals surface area (Å²) in [6.45, 7) is 4.90. The molecule has 5 N–H and O–H groups in total. The zero-order valence-corrected chi connectivity index (χ0v) is 22.7. The molecule has 3 aromatic rings. The maximum Gasteiger partial charge on any atom is 0.317 e. The van der Waals surface area contributed by atoms with Gasteiger partial charge in [-0.1, -0.05) is 6.07 Å². The van der Waals surface area contributed by atoms with Crippen LogP contribution in [0.4, 0.5) is 5.69 Å². The van der Waals surface area contributed by atoms with Gasteiger partial charge in [0.05, 0.1) is 29.5 Å². The molecule has 0 spiro atoms. The Bertz CT molecular complexity index is 1280. The number of imidazole rings is 1.